The summed E-state index contributed by atoms with van der Waals surface area (Å²) in [4.78, 5) is 0. The van der Waals surface area contributed by atoms with Gasteiger partial charge in [-0.3, -0.25) is 0 Å². The van der Waals surface area contributed by atoms with E-state index in [1.54, 1.807) is 0 Å². The van der Waals surface area contributed by atoms with Crippen LogP contribution in [0.2, 0.25) is 0 Å². The average molecular weight is 691 g/mol. The molecule has 12 rings (SSSR count). The third-order valence-corrected chi connectivity index (χ3v) is 12.1. The molecule has 3 aromatic heterocycles. The first-order chi connectivity index (χ1) is 26.5. The van der Waals surface area contributed by atoms with Gasteiger partial charge in [-0.25, -0.2) is 0 Å². The van der Waals surface area contributed by atoms with Crippen molar-refractivity contribution >= 4 is 65.6 Å². The summed E-state index contributed by atoms with van der Waals surface area (Å²) in [6, 6.07) is 62.1. The first-order valence-corrected chi connectivity index (χ1v) is 18.8. The summed E-state index contributed by atoms with van der Waals surface area (Å²) < 4.78 is 11.2. The van der Waals surface area contributed by atoms with Gasteiger partial charge >= 0.3 is 0 Å². The molecule has 3 nitrogen and oxygen atoms in total. The van der Waals surface area contributed by atoms with Gasteiger partial charge in [-0.1, -0.05) is 117 Å². The predicted molar refractivity (Wildman–Crippen MR) is 225 cm³/mol. The van der Waals surface area contributed by atoms with Gasteiger partial charge in [0.1, 0.15) is 11.2 Å². The van der Waals surface area contributed by atoms with Gasteiger partial charge in [0.05, 0.1) is 22.1 Å². The Bertz CT molecular complexity index is 3350. The van der Waals surface area contributed by atoms with E-state index in [4.69, 9.17) is 4.42 Å². The highest BCUT2D eigenvalue weighted by atomic mass is 16.3. The van der Waals surface area contributed by atoms with E-state index in [9.17, 15) is 0 Å². The second kappa shape index (κ2) is 10.6. The molecule has 1 aliphatic rings. The number of rotatable bonds is 3. The molecule has 0 radical (unpaired) electrons. The summed E-state index contributed by atoms with van der Waals surface area (Å²) in [6.07, 6.45) is 0. The van der Waals surface area contributed by atoms with Gasteiger partial charge in [0.2, 0.25) is 0 Å². The molecule has 0 spiro atoms. The van der Waals surface area contributed by atoms with E-state index >= 15 is 0 Å². The molecular formula is C51H34N2O. The Hall–Kier alpha value is -6.84. The standard InChI is InChI=1S/C51H34N2O/c1-51(2)43-17-9-6-14-35(43)39-24-25-40-42-29-32(21-27-46(42)53(50(40)49(39)51)33-12-4-3-5-13-33)31-20-26-45-41(28-31)36-15-7-10-18-44(36)52(45)34-22-23-38-37-16-8-11-19-47(37)54-48(38)30-34/h3-30H,1-2H3. The quantitative estimate of drug-likeness (QED) is 0.181. The lowest BCUT2D eigenvalue weighted by atomic mass is 9.81. The molecule has 0 fully saturated rings. The van der Waals surface area contributed by atoms with Crippen LogP contribution in [0.5, 0.6) is 0 Å². The molecular weight excluding hydrogens is 657 g/mol. The van der Waals surface area contributed by atoms with Crippen LogP contribution in [0.25, 0.3) is 99.2 Å². The molecule has 1 aliphatic carbocycles. The average Bonchev–Trinajstić information content (AvgIpc) is 3.92. The van der Waals surface area contributed by atoms with E-state index in [1.165, 1.54) is 82.7 Å². The summed E-state index contributed by atoms with van der Waals surface area (Å²) in [5.41, 5.74) is 16.7. The van der Waals surface area contributed by atoms with E-state index in [2.05, 4.69) is 181 Å². The Kier molecular flexibility index (Phi) is 5.84. The molecule has 11 aromatic rings. The zero-order chi connectivity index (χ0) is 35.7. The van der Waals surface area contributed by atoms with Crippen molar-refractivity contribution < 1.29 is 4.42 Å². The Labute approximate surface area is 311 Å². The van der Waals surface area contributed by atoms with E-state index in [0.717, 1.165) is 27.6 Å². The fraction of sp³-hybridized carbons (Fsp3) is 0.0588. The highest BCUT2D eigenvalue weighted by molar-refractivity contribution is 6.15. The summed E-state index contributed by atoms with van der Waals surface area (Å²) in [7, 11) is 0. The first kappa shape index (κ1) is 29.7. The maximum absolute atomic E-state index is 6.32. The van der Waals surface area contributed by atoms with Gasteiger partial charge in [0, 0.05) is 55.2 Å². The van der Waals surface area contributed by atoms with Crippen LogP contribution in [0, 0.1) is 0 Å². The molecule has 0 atom stereocenters. The molecule has 0 amide bonds. The van der Waals surface area contributed by atoms with Crippen LogP contribution in [0.3, 0.4) is 0 Å². The van der Waals surface area contributed by atoms with E-state index in [0.29, 0.717) is 0 Å². The van der Waals surface area contributed by atoms with Crippen LogP contribution < -0.4 is 0 Å². The van der Waals surface area contributed by atoms with Crippen LogP contribution >= 0.6 is 0 Å². The van der Waals surface area contributed by atoms with Crippen molar-refractivity contribution in [1.29, 1.82) is 0 Å². The van der Waals surface area contributed by atoms with Crippen molar-refractivity contribution in [2.45, 2.75) is 19.3 Å². The SMILES string of the molecule is CC1(C)c2ccccc2-c2ccc3c4cc(-c5ccc6c(c5)c5ccccc5n6-c5ccc6c(c5)oc5ccccc56)ccc4n(-c4ccccc4)c3c21. The summed E-state index contributed by atoms with van der Waals surface area (Å²) in [5, 5.41) is 7.30. The number of nitrogens with zero attached hydrogens (tertiary/aromatic N) is 2. The van der Waals surface area contributed by atoms with Crippen molar-refractivity contribution in [1.82, 2.24) is 9.13 Å². The van der Waals surface area contributed by atoms with E-state index < -0.39 is 0 Å². The zero-order valence-electron chi connectivity index (χ0n) is 30.0. The van der Waals surface area contributed by atoms with Crippen LogP contribution in [-0.4, -0.2) is 9.13 Å². The fourth-order valence-corrected chi connectivity index (χ4v) is 9.67. The second-order valence-electron chi connectivity index (χ2n) is 15.3. The van der Waals surface area contributed by atoms with Crippen LogP contribution in [0.4, 0.5) is 0 Å². The molecule has 3 heterocycles. The van der Waals surface area contributed by atoms with Crippen molar-refractivity contribution in [3.63, 3.8) is 0 Å². The maximum Gasteiger partial charge on any atom is 0.137 e. The molecule has 0 bridgehead atoms. The molecule has 3 heteroatoms. The predicted octanol–water partition coefficient (Wildman–Crippen LogP) is 13.8. The summed E-state index contributed by atoms with van der Waals surface area (Å²) in [5.74, 6) is 0. The number of benzene rings is 8. The van der Waals surface area contributed by atoms with Crippen LogP contribution in [-0.2, 0) is 5.41 Å². The summed E-state index contributed by atoms with van der Waals surface area (Å²) >= 11 is 0. The lowest BCUT2D eigenvalue weighted by molar-refractivity contribution is 0.664. The molecule has 0 saturated heterocycles. The number of aromatic nitrogens is 2. The lowest BCUT2D eigenvalue weighted by Crippen LogP contribution is -2.16. The highest BCUT2D eigenvalue weighted by Gasteiger charge is 2.38. The number of hydrogen-bond acceptors (Lipinski definition) is 1. The van der Waals surface area contributed by atoms with Gasteiger partial charge in [-0.2, -0.15) is 0 Å². The second-order valence-corrected chi connectivity index (χ2v) is 15.3. The number of fused-ring (bicyclic) bond motifs is 13. The molecule has 254 valence electrons. The van der Waals surface area contributed by atoms with E-state index in [1.807, 2.05) is 12.1 Å². The third-order valence-electron chi connectivity index (χ3n) is 12.1. The third kappa shape index (κ3) is 3.91. The number of furan rings is 1. The maximum atomic E-state index is 6.32. The summed E-state index contributed by atoms with van der Waals surface area (Å²) in [6.45, 7) is 4.77. The zero-order valence-corrected chi connectivity index (χ0v) is 30.0. The minimum Gasteiger partial charge on any atom is -0.456 e. The first-order valence-electron chi connectivity index (χ1n) is 18.8. The van der Waals surface area contributed by atoms with Crippen LogP contribution in [0.15, 0.2) is 174 Å². The fourth-order valence-electron chi connectivity index (χ4n) is 9.67. The largest absolute Gasteiger partial charge is 0.456 e. The minimum absolute atomic E-state index is 0.136. The number of hydrogen-bond donors (Lipinski definition) is 0. The molecule has 0 aliphatic heterocycles. The monoisotopic (exact) mass is 690 g/mol. The molecule has 0 saturated carbocycles. The molecule has 54 heavy (non-hydrogen) atoms. The Morgan fingerprint density at radius 3 is 1.87 bits per heavy atom. The Morgan fingerprint density at radius 2 is 1.04 bits per heavy atom. The van der Waals surface area contributed by atoms with Gasteiger partial charge in [0.25, 0.3) is 0 Å². The Balaban J connectivity index is 1.07. The van der Waals surface area contributed by atoms with Gasteiger partial charge < -0.3 is 13.6 Å². The minimum atomic E-state index is -0.136. The Morgan fingerprint density at radius 1 is 0.407 bits per heavy atom. The van der Waals surface area contributed by atoms with E-state index in [-0.39, 0.29) is 5.41 Å². The highest BCUT2D eigenvalue weighted by Crippen LogP contribution is 2.53. The van der Waals surface area contributed by atoms with Crippen molar-refractivity contribution in [2.24, 2.45) is 0 Å². The van der Waals surface area contributed by atoms with Crippen molar-refractivity contribution in [3.05, 3.63) is 181 Å². The topological polar surface area (TPSA) is 23.0 Å². The smallest absolute Gasteiger partial charge is 0.137 e. The van der Waals surface area contributed by atoms with Crippen LogP contribution in [0.1, 0.15) is 25.0 Å². The number of para-hydroxylation sites is 3. The van der Waals surface area contributed by atoms with Gasteiger partial charge in [0.15, 0.2) is 0 Å². The normalized spacial score (nSPS) is 13.5. The van der Waals surface area contributed by atoms with Gasteiger partial charge in [-0.15, -0.1) is 0 Å². The lowest BCUT2D eigenvalue weighted by Gasteiger charge is -2.23. The molecule has 8 aromatic carbocycles. The molecule has 0 N–H and O–H groups in total. The van der Waals surface area contributed by atoms with Gasteiger partial charge in [-0.05, 0) is 94.0 Å². The molecule has 0 unspecified atom stereocenters. The van der Waals surface area contributed by atoms with Crippen molar-refractivity contribution in [3.8, 4) is 33.6 Å². The van der Waals surface area contributed by atoms with Crippen molar-refractivity contribution in [2.75, 3.05) is 0 Å².